The molecule has 1 aliphatic rings. The van der Waals surface area contributed by atoms with Gasteiger partial charge in [0, 0.05) is 29.9 Å². The molecule has 2 aromatic carbocycles. The van der Waals surface area contributed by atoms with Gasteiger partial charge in [0.15, 0.2) is 11.5 Å². The molecule has 1 saturated heterocycles. The number of amides is 2. The van der Waals surface area contributed by atoms with Gasteiger partial charge in [-0.25, -0.2) is 0 Å². The van der Waals surface area contributed by atoms with Gasteiger partial charge < -0.3 is 19.7 Å². The van der Waals surface area contributed by atoms with Crippen molar-refractivity contribution in [2.24, 2.45) is 5.92 Å². The average Bonchev–Trinajstić information content (AvgIpc) is 3.29. The lowest BCUT2D eigenvalue weighted by Gasteiger charge is -2.16. The van der Waals surface area contributed by atoms with Crippen molar-refractivity contribution in [2.45, 2.75) is 33.1 Å². The third kappa shape index (κ3) is 5.91. The number of methoxy groups -OCH3 is 1. The van der Waals surface area contributed by atoms with Crippen LogP contribution in [0.3, 0.4) is 0 Å². The second-order valence-corrected chi connectivity index (χ2v) is 8.46. The van der Waals surface area contributed by atoms with Crippen molar-refractivity contribution in [3.8, 4) is 11.5 Å². The topological polar surface area (TPSA) is 67.9 Å². The highest BCUT2D eigenvalue weighted by Crippen LogP contribution is 2.37. The maximum absolute atomic E-state index is 12.7. The molecule has 0 spiro atoms. The van der Waals surface area contributed by atoms with E-state index in [2.05, 4.69) is 19.2 Å². The third-order valence-electron chi connectivity index (χ3n) is 5.22. The first kappa shape index (κ1) is 22.9. The summed E-state index contributed by atoms with van der Waals surface area (Å²) in [6.07, 6.45) is 2.99. The van der Waals surface area contributed by atoms with Gasteiger partial charge in [-0.3, -0.25) is 9.59 Å². The number of hydrogen-bond acceptors (Lipinski definition) is 4. The van der Waals surface area contributed by atoms with Crippen molar-refractivity contribution in [1.29, 1.82) is 0 Å². The van der Waals surface area contributed by atoms with E-state index in [1.54, 1.807) is 36.4 Å². The zero-order valence-corrected chi connectivity index (χ0v) is 19.0. The number of halogens is 1. The number of nitrogens with zero attached hydrogens (tertiary/aromatic N) is 1. The number of anilines is 1. The van der Waals surface area contributed by atoms with Crippen molar-refractivity contribution in [3.63, 3.8) is 0 Å². The molecule has 2 amide bonds. The van der Waals surface area contributed by atoms with E-state index < -0.39 is 0 Å². The van der Waals surface area contributed by atoms with Gasteiger partial charge in [-0.05, 0) is 61.6 Å². The summed E-state index contributed by atoms with van der Waals surface area (Å²) in [4.78, 5) is 27.0. The van der Waals surface area contributed by atoms with Crippen LogP contribution in [0.4, 0.5) is 5.69 Å². The Morgan fingerprint density at radius 3 is 2.39 bits per heavy atom. The number of nitrogens with one attached hydrogen (secondary N) is 1. The van der Waals surface area contributed by atoms with Crippen LogP contribution in [0.15, 0.2) is 36.4 Å². The van der Waals surface area contributed by atoms with E-state index in [9.17, 15) is 9.59 Å². The Labute approximate surface area is 188 Å². The predicted molar refractivity (Wildman–Crippen MR) is 122 cm³/mol. The summed E-state index contributed by atoms with van der Waals surface area (Å²) in [6, 6.07) is 10.1. The van der Waals surface area contributed by atoms with E-state index in [4.69, 9.17) is 21.1 Å². The normalized spacial score (nSPS) is 13.4. The van der Waals surface area contributed by atoms with Crippen LogP contribution in [0, 0.1) is 5.92 Å². The molecule has 1 aliphatic heterocycles. The minimum atomic E-state index is -0.326. The standard InChI is InChI=1S/C24H29ClN2O4/c1-16(2)10-13-31-22-20(25)14-18(15-21(22)30-3)23(28)26-19-8-6-17(7-9-19)24(29)27-11-4-5-12-27/h6-9,14-16H,4-5,10-13H2,1-3H3,(H,26,28). The minimum Gasteiger partial charge on any atom is -0.493 e. The molecule has 7 heteroatoms. The quantitative estimate of drug-likeness (QED) is 0.602. The molecule has 1 fully saturated rings. The Balaban J connectivity index is 1.68. The lowest BCUT2D eigenvalue weighted by Crippen LogP contribution is -2.27. The van der Waals surface area contributed by atoms with E-state index in [0.717, 1.165) is 32.4 Å². The van der Waals surface area contributed by atoms with Gasteiger partial charge >= 0.3 is 0 Å². The average molecular weight is 445 g/mol. The molecule has 1 heterocycles. The van der Waals surface area contributed by atoms with Crippen molar-refractivity contribution in [2.75, 3.05) is 32.1 Å². The monoisotopic (exact) mass is 444 g/mol. The molecule has 2 aromatic rings. The molecule has 0 aromatic heterocycles. The number of likely N-dealkylation sites (tertiary alicyclic amines) is 1. The molecule has 0 atom stereocenters. The molecule has 0 saturated carbocycles. The van der Waals surface area contributed by atoms with Gasteiger partial charge in [-0.2, -0.15) is 0 Å². The lowest BCUT2D eigenvalue weighted by molar-refractivity contribution is 0.0792. The molecule has 0 bridgehead atoms. The first-order chi connectivity index (χ1) is 14.9. The summed E-state index contributed by atoms with van der Waals surface area (Å²) >= 11 is 6.37. The van der Waals surface area contributed by atoms with Crippen molar-refractivity contribution in [3.05, 3.63) is 52.5 Å². The van der Waals surface area contributed by atoms with Crippen LogP contribution >= 0.6 is 11.6 Å². The summed E-state index contributed by atoms with van der Waals surface area (Å²) in [5, 5.41) is 3.15. The van der Waals surface area contributed by atoms with Gasteiger partial charge in [-0.15, -0.1) is 0 Å². The van der Waals surface area contributed by atoms with Crippen LogP contribution in [-0.4, -0.2) is 43.5 Å². The molecule has 1 N–H and O–H groups in total. The zero-order valence-electron chi connectivity index (χ0n) is 18.2. The number of benzene rings is 2. The van der Waals surface area contributed by atoms with E-state index in [-0.39, 0.29) is 11.8 Å². The molecule has 31 heavy (non-hydrogen) atoms. The highest BCUT2D eigenvalue weighted by molar-refractivity contribution is 6.32. The minimum absolute atomic E-state index is 0.0277. The van der Waals surface area contributed by atoms with Crippen LogP contribution in [0.2, 0.25) is 5.02 Å². The second-order valence-electron chi connectivity index (χ2n) is 8.05. The maximum atomic E-state index is 12.7. The summed E-state index contributed by atoms with van der Waals surface area (Å²) in [5.74, 6) is 1.05. The van der Waals surface area contributed by atoms with Crippen LogP contribution in [-0.2, 0) is 0 Å². The third-order valence-corrected chi connectivity index (χ3v) is 5.50. The number of hydrogen-bond donors (Lipinski definition) is 1. The molecular formula is C24H29ClN2O4. The fourth-order valence-electron chi connectivity index (χ4n) is 3.39. The van der Waals surface area contributed by atoms with Crippen LogP contribution in [0.25, 0.3) is 0 Å². The van der Waals surface area contributed by atoms with Crippen molar-refractivity contribution < 1.29 is 19.1 Å². The zero-order chi connectivity index (χ0) is 22.4. The highest BCUT2D eigenvalue weighted by atomic mass is 35.5. The first-order valence-corrected chi connectivity index (χ1v) is 11.0. The number of carbonyl (C=O) groups excluding carboxylic acids is 2. The maximum Gasteiger partial charge on any atom is 0.255 e. The molecule has 3 rings (SSSR count). The summed E-state index contributed by atoms with van der Waals surface area (Å²) in [5.41, 5.74) is 1.57. The van der Waals surface area contributed by atoms with Crippen LogP contribution in [0.5, 0.6) is 11.5 Å². The van der Waals surface area contributed by atoms with Gasteiger partial charge in [0.1, 0.15) is 0 Å². The molecule has 166 valence electrons. The Bertz CT molecular complexity index is 922. The smallest absolute Gasteiger partial charge is 0.255 e. The summed E-state index contributed by atoms with van der Waals surface area (Å²) < 4.78 is 11.2. The van der Waals surface area contributed by atoms with Crippen LogP contribution < -0.4 is 14.8 Å². The summed E-state index contributed by atoms with van der Waals surface area (Å²) in [6.45, 7) is 6.35. The Kier molecular flexibility index (Phi) is 7.80. The van der Waals surface area contributed by atoms with E-state index >= 15 is 0 Å². The largest absolute Gasteiger partial charge is 0.493 e. The van der Waals surface area contributed by atoms with Crippen molar-refractivity contribution in [1.82, 2.24) is 4.90 Å². The molecule has 0 aliphatic carbocycles. The lowest BCUT2D eigenvalue weighted by atomic mass is 10.1. The fraction of sp³-hybridized carbons (Fsp3) is 0.417. The Morgan fingerprint density at radius 1 is 1.10 bits per heavy atom. The highest BCUT2D eigenvalue weighted by Gasteiger charge is 2.20. The van der Waals surface area contributed by atoms with Gasteiger partial charge in [0.05, 0.1) is 18.7 Å². The second kappa shape index (κ2) is 10.5. The van der Waals surface area contributed by atoms with E-state index in [0.29, 0.717) is 45.9 Å². The molecular weight excluding hydrogens is 416 g/mol. The predicted octanol–water partition coefficient (Wildman–Crippen LogP) is 5.26. The van der Waals surface area contributed by atoms with Gasteiger partial charge in [0.25, 0.3) is 11.8 Å². The number of ether oxygens (including phenoxy) is 2. The van der Waals surface area contributed by atoms with E-state index in [1.807, 2.05) is 4.90 Å². The fourth-order valence-corrected chi connectivity index (χ4v) is 3.66. The van der Waals surface area contributed by atoms with Gasteiger partial charge in [0.2, 0.25) is 0 Å². The first-order valence-electron chi connectivity index (χ1n) is 10.6. The summed E-state index contributed by atoms with van der Waals surface area (Å²) in [7, 11) is 1.51. The van der Waals surface area contributed by atoms with Crippen molar-refractivity contribution >= 4 is 29.1 Å². The van der Waals surface area contributed by atoms with Gasteiger partial charge in [-0.1, -0.05) is 25.4 Å². The SMILES string of the molecule is COc1cc(C(=O)Nc2ccc(C(=O)N3CCCC3)cc2)cc(Cl)c1OCCC(C)C. The Hall–Kier alpha value is -2.73. The molecule has 6 nitrogen and oxygen atoms in total. The number of rotatable bonds is 8. The molecule has 0 unspecified atom stereocenters. The number of carbonyl (C=O) groups is 2. The molecule has 0 radical (unpaired) electrons. The van der Waals surface area contributed by atoms with E-state index in [1.165, 1.54) is 7.11 Å². The van der Waals surface area contributed by atoms with Crippen LogP contribution in [0.1, 0.15) is 53.8 Å². The Morgan fingerprint density at radius 2 is 1.77 bits per heavy atom.